The third kappa shape index (κ3) is 3.72. The second-order valence-corrected chi connectivity index (χ2v) is 7.39. The smallest absolute Gasteiger partial charge is 0.253 e. The van der Waals surface area contributed by atoms with Crippen LogP contribution < -0.4 is 5.32 Å². The van der Waals surface area contributed by atoms with Gasteiger partial charge in [-0.25, -0.2) is 9.97 Å². The Bertz CT molecular complexity index is 1070. The van der Waals surface area contributed by atoms with Crippen LogP contribution in [0.15, 0.2) is 40.6 Å². The van der Waals surface area contributed by atoms with Gasteiger partial charge in [-0.05, 0) is 31.4 Å². The number of nitrogens with zero attached hydrogens (tertiary/aromatic N) is 5. The van der Waals surface area contributed by atoms with Gasteiger partial charge in [-0.15, -0.1) is 11.3 Å². The fourth-order valence-corrected chi connectivity index (χ4v) is 3.38. The molecule has 27 heavy (non-hydrogen) atoms. The van der Waals surface area contributed by atoms with Gasteiger partial charge in [0.15, 0.2) is 11.5 Å². The SMILES string of the molecule is CC(C)n1cnc2cc(C(=O)NCc3nc(Cc4cccs4)no3)cnc21. The monoisotopic (exact) mass is 382 g/mol. The molecule has 138 valence electrons. The molecule has 0 saturated carbocycles. The minimum absolute atomic E-state index is 0.161. The summed E-state index contributed by atoms with van der Waals surface area (Å²) in [6, 6.07) is 5.98. The van der Waals surface area contributed by atoms with Gasteiger partial charge >= 0.3 is 0 Å². The van der Waals surface area contributed by atoms with Crippen LogP contribution >= 0.6 is 11.3 Å². The number of carbonyl (C=O) groups excluding carboxylic acids is 1. The highest BCUT2D eigenvalue weighted by atomic mass is 32.1. The largest absolute Gasteiger partial charge is 0.343 e. The Labute approximate surface area is 159 Å². The first-order chi connectivity index (χ1) is 13.1. The summed E-state index contributed by atoms with van der Waals surface area (Å²) in [5.41, 5.74) is 1.89. The van der Waals surface area contributed by atoms with Gasteiger partial charge in [-0.1, -0.05) is 11.2 Å². The van der Waals surface area contributed by atoms with E-state index < -0.39 is 0 Å². The number of rotatable bonds is 6. The molecule has 0 radical (unpaired) electrons. The number of hydrogen-bond donors (Lipinski definition) is 1. The molecule has 0 aromatic carbocycles. The predicted molar refractivity (Wildman–Crippen MR) is 101 cm³/mol. The van der Waals surface area contributed by atoms with Gasteiger partial charge < -0.3 is 14.4 Å². The van der Waals surface area contributed by atoms with Crippen molar-refractivity contribution in [3.8, 4) is 0 Å². The maximum atomic E-state index is 12.4. The highest BCUT2D eigenvalue weighted by Gasteiger charge is 2.13. The Kier molecular flexibility index (Phi) is 4.68. The Morgan fingerprint density at radius 3 is 3.04 bits per heavy atom. The molecular formula is C18H18N6O2S. The third-order valence-electron chi connectivity index (χ3n) is 4.05. The number of hydrogen-bond acceptors (Lipinski definition) is 7. The molecule has 0 aliphatic carbocycles. The number of fused-ring (bicyclic) bond motifs is 1. The number of imidazole rings is 1. The van der Waals surface area contributed by atoms with E-state index in [2.05, 4.69) is 39.3 Å². The second-order valence-electron chi connectivity index (χ2n) is 6.36. The highest BCUT2D eigenvalue weighted by Crippen LogP contribution is 2.16. The van der Waals surface area contributed by atoms with Gasteiger partial charge in [0.05, 0.1) is 18.4 Å². The van der Waals surface area contributed by atoms with Crippen LogP contribution in [0.25, 0.3) is 11.2 Å². The van der Waals surface area contributed by atoms with Crippen LogP contribution in [-0.2, 0) is 13.0 Å². The van der Waals surface area contributed by atoms with E-state index in [0.717, 1.165) is 10.5 Å². The molecule has 0 atom stereocenters. The lowest BCUT2D eigenvalue weighted by Gasteiger charge is -2.07. The summed E-state index contributed by atoms with van der Waals surface area (Å²) in [4.78, 5) is 26.6. The third-order valence-corrected chi connectivity index (χ3v) is 4.93. The van der Waals surface area contributed by atoms with Crippen molar-refractivity contribution < 1.29 is 9.32 Å². The number of carbonyl (C=O) groups is 1. The van der Waals surface area contributed by atoms with Crippen molar-refractivity contribution in [2.24, 2.45) is 0 Å². The lowest BCUT2D eigenvalue weighted by atomic mass is 10.2. The van der Waals surface area contributed by atoms with E-state index >= 15 is 0 Å². The first-order valence-corrected chi connectivity index (χ1v) is 9.43. The minimum atomic E-state index is -0.262. The molecule has 4 aromatic rings. The van der Waals surface area contributed by atoms with E-state index in [1.54, 1.807) is 29.9 Å². The molecule has 0 unspecified atom stereocenters. The molecule has 4 rings (SSSR count). The van der Waals surface area contributed by atoms with E-state index in [0.29, 0.717) is 29.2 Å². The molecule has 0 bridgehead atoms. The molecule has 0 fully saturated rings. The van der Waals surface area contributed by atoms with Crippen molar-refractivity contribution in [1.82, 2.24) is 30.0 Å². The molecule has 0 spiro atoms. The van der Waals surface area contributed by atoms with E-state index in [4.69, 9.17) is 4.52 Å². The van der Waals surface area contributed by atoms with E-state index in [1.807, 2.05) is 22.1 Å². The molecule has 4 aromatic heterocycles. The number of thiophene rings is 1. The van der Waals surface area contributed by atoms with Crippen LogP contribution in [0.5, 0.6) is 0 Å². The van der Waals surface area contributed by atoms with E-state index in [-0.39, 0.29) is 18.5 Å². The van der Waals surface area contributed by atoms with Crippen LogP contribution in [0, 0.1) is 0 Å². The van der Waals surface area contributed by atoms with Crippen molar-refractivity contribution >= 4 is 28.4 Å². The van der Waals surface area contributed by atoms with E-state index in [9.17, 15) is 4.79 Å². The Morgan fingerprint density at radius 2 is 2.26 bits per heavy atom. The van der Waals surface area contributed by atoms with Crippen molar-refractivity contribution in [2.75, 3.05) is 0 Å². The van der Waals surface area contributed by atoms with Crippen molar-refractivity contribution in [1.29, 1.82) is 0 Å². The topological polar surface area (TPSA) is 98.7 Å². The molecular weight excluding hydrogens is 364 g/mol. The van der Waals surface area contributed by atoms with Crippen LogP contribution in [0.2, 0.25) is 0 Å². The summed E-state index contributed by atoms with van der Waals surface area (Å²) < 4.78 is 7.16. The lowest BCUT2D eigenvalue weighted by Crippen LogP contribution is -2.23. The zero-order valence-electron chi connectivity index (χ0n) is 14.9. The lowest BCUT2D eigenvalue weighted by molar-refractivity contribution is 0.0946. The maximum Gasteiger partial charge on any atom is 0.253 e. The van der Waals surface area contributed by atoms with Crippen LogP contribution in [0.3, 0.4) is 0 Å². The Balaban J connectivity index is 1.40. The number of nitrogens with one attached hydrogen (secondary N) is 1. The predicted octanol–water partition coefficient (Wildman–Crippen LogP) is 2.98. The number of pyridine rings is 1. The maximum absolute atomic E-state index is 12.4. The first-order valence-electron chi connectivity index (χ1n) is 8.55. The van der Waals surface area contributed by atoms with Crippen LogP contribution in [-0.4, -0.2) is 30.6 Å². The van der Waals surface area contributed by atoms with Crippen LogP contribution in [0.1, 0.15) is 46.8 Å². The molecule has 4 heterocycles. The fourth-order valence-electron chi connectivity index (χ4n) is 2.68. The van der Waals surface area contributed by atoms with E-state index in [1.165, 1.54) is 0 Å². The summed E-state index contributed by atoms with van der Waals surface area (Å²) in [5, 5.41) is 8.73. The standard InChI is InChI=1S/C18H18N6O2S/c1-11(2)24-10-21-14-6-12(8-19-17(14)24)18(25)20-9-16-22-15(23-26-16)7-13-4-3-5-27-13/h3-6,8,10-11H,7,9H2,1-2H3,(H,20,25). The summed E-state index contributed by atoms with van der Waals surface area (Å²) in [6.45, 7) is 4.27. The number of aromatic nitrogens is 5. The summed E-state index contributed by atoms with van der Waals surface area (Å²) in [6.07, 6.45) is 3.90. The van der Waals surface area contributed by atoms with Gasteiger partial charge in [0, 0.05) is 23.5 Å². The fraction of sp³-hybridized carbons (Fsp3) is 0.278. The molecule has 0 saturated heterocycles. The Morgan fingerprint density at radius 1 is 1.37 bits per heavy atom. The van der Waals surface area contributed by atoms with Gasteiger partial charge in [0.2, 0.25) is 5.89 Å². The zero-order chi connectivity index (χ0) is 18.8. The van der Waals surface area contributed by atoms with Crippen molar-refractivity contribution in [2.45, 2.75) is 32.9 Å². The average Bonchev–Trinajstić information content (AvgIpc) is 3.40. The van der Waals surface area contributed by atoms with Crippen molar-refractivity contribution in [3.63, 3.8) is 0 Å². The molecule has 0 aliphatic heterocycles. The minimum Gasteiger partial charge on any atom is -0.343 e. The summed E-state index contributed by atoms with van der Waals surface area (Å²) in [5.74, 6) is 0.707. The van der Waals surface area contributed by atoms with Crippen LogP contribution in [0.4, 0.5) is 0 Å². The molecule has 1 N–H and O–H groups in total. The zero-order valence-corrected chi connectivity index (χ0v) is 15.7. The first kappa shape index (κ1) is 17.3. The molecule has 1 amide bonds. The van der Waals surface area contributed by atoms with Crippen molar-refractivity contribution in [3.05, 3.63) is 58.3 Å². The molecule has 8 nitrogen and oxygen atoms in total. The van der Waals surface area contributed by atoms with Gasteiger partial charge in [-0.3, -0.25) is 4.79 Å². The number of amides is 1. The molecule has 9 heteroatoms. The van der Waals surface area contributed by atoms with Gasteiger partial charge in [0.1, 0.15) is 5.52 Å². The van der Waals surface area contributed by atoms with Gasteiger partial charge in [-0.2, -0.15) is 4.98 Å². The summed E-state index contributed by atoms with van der Waals surface area (Å²) in [7, 11) is 0. The molecule has 0 aliphatic rings. The Hall–Kier alpha value is -3.07. The second kappa shape index (κ2) is 7.28. The quantitative estimate of drug-likeness (QED) is 0.550. The average molecular weight is 382 g/mol. The highest BCUT2D eigenvalue weighted by molar-refractivity contribution is 7.09. The normalized spacial score (nSPS) is 11.4. The van der Waals surface area contributed by atoms with Gasteiger partial charge in [0.25, 0.3) is 5.91 Å². The summed E-state index contributed by atoms with van der Waals surface area (Å²) >= 11 is 1.64.